The van der Waals surface area contributed by atoms with Crippen molar-refractivity contribution in [1.29, 1.82) is 0 Å². The lowest BCUT2D eigenvalue weighted by molar-refractivity contribution is 0.0690. The lowest BCUT2D eigenvalue weighted by Gasteiger charge is -2.01. The molecule has 2 rings (SSSR count). The molecule has 0 radical (unpaired) electrons. The zero-order chi connectivity index (χ0) is 12.6. The summed E-state index contributed by atoms with van der Waals surface area (Å²) in [4.78, 5) is 10.9. The quantitative estimate of drug-likeness (QED) is 0.871. The minimum Gasteiger partial charge on any atom is -0.476 e. The van der Waals surface area contributed by atoms with Crippen molar-refractivity contribution in [3.8, 4) is 11.1 Å². The largest absolute Gasteiger partial charge is 0.476 e. The molecule has 0 atom stereocenters. The van der Waals surface area contributed by atoms with E-state index in [-0.39, 0.29) is 16.8 Å². The Morgan fingerprint density at radius 2 is 2.06 bits per heavy atom. The van der Waals surface area contributed by atoms with E-state index >= 15 is 0 Å². The smallest absolute Gasteiger partial charge is 0.357 e. The van der Waals surface area contributed by atoms with Crippen molar-refractivity contribution < 1.29 is 18.7 Å². The molecule has 0 aliphatic rings. The summed E-state index contributed by atoms with van der Waals surface area (Å²) in [5.74, 6) is -3.39. The Morgan fingerprint density at radius 3 is 2.71 bits per heavy atom. The highest BCUT2D eigenvalue weighted by molar-refractivity contribution is 5.93. The normalized spacial score (nSPS) is 10.5. The summed E-state index contributed by atoms with van der Waals surface area (Å²) in [6, 6.07) is 3.59. The van der Waals surface area contributed by atoms with E-state index in [9.17, 15) is 13.6 Å². The van der Waals surface area contributed by atoms with Gasteiger partial charge >= 0.3 is 5.97 Å². The molecule has 88 valence electrons. The zero-order valence-corrected chi connectivity index (χ0v) is 8.82. The summed E-state index contributed by atoms with van der Waals surface area (Å²) in [6.07, 6.45) is 1.33. The first-order valence-corrected chi connectivity index (χ1v) is 4.72. The lowest BCUT2D eigenvalue weighted by atomic mass is 10.1. The number of nitrogens with zero attached hydrogens (tertiary/aromatic N) is 2. The van der Waals surface area contributed by atoms with Crippen molar-refractivity contribution in [1.82, 2.24) is 9.78 Å². The molecule has 0 saturated heterocycles. The molecule has 0 bridgehead atoms. The maximum absolute atomic E-state index is 13.5. The van der Waals surface area contributed by atoms with Crippen molar-refractivity contribution in [2.75, 3.05) is 0 Å². The van der Waals surface area contributed by atoms with E-state index < -0.39 is 17.6 Å². The van der Waals surface area contributed by atoms with Crippen molar-refractivity contribution in [3.05, 3.63) is 41.7 Å². The average Bonchev–Trinajstić information content (AvgIpc) is 2.64. The number of aromatic nitrogens is 2. The van der Waals surface area contributed by atoms with Gasteiger partial charge in [0.15, 0.2) is 17.3 Å². The molecule has 1 aromatic heterocycles. The highest BCUT2D eigenvalue weighted by atomic mass is 19.2. The maximum Gasteiger partial charge on any atom is 0.357 e. The molecular formula is C11H8F2N2O2. The first-order valence-electron chi connectivity index (χ1n) is 4.72. The molecule has 17 heavy (non-hydrogen) atoms. The number of halogens is 2. The third-order valence-corrected chi connectivity index (χ3v) is 2.27. The molecule has 0 fully saturated rings. The molecule has 1 aromatic carbocycles. The van der Waals surface area contributed by atoms with Crippen LogP contribution in [0.4, 0.5) is 8.78 Å². The molecule has 6 heteroatoms. The van der Waals surface area contributed by atoms with Crippen LogP contribution >= 0.6 is 0 Å². The highest BCUT2D eigenvalue weighted by Gasteiger charge is 2.20. The van der Waals surface area contributed by atoms with Gasteiger partial charge in [-0.3, -0.25) is 4.68 Å². The minimum absolute atomic E-state index is 0.0528. The number of carbonyl (C=O) groups is 1. The van der Waals surface area contributed by atoms with Crippen LogP contribution < -0.4 is 0 Å². The number of carboxylic acid groups (broad SMARTS) is 1. The topological polar surface area (TPSA) is 55.1 Å². The standard InChI is InChI=1S/C11H8F2N2O2/c1-15-5-7(10(14-15)11(16)17)6-3-2-4-8(12)9(6)13/h2-5H,1H3,(H,16,17). The van der Waals surface area contributed by atoms with Gasteiger partial charge in [-0.15, -0.1) is 0 Å². The van der Waals surface area contributed by atoms with Crippen molar-refractivity contribution in [2.45, 2.75) is 0 Å². The number of aryl methyl sites for hydroxylation is 1. The van der Waals surface area contributed by atoms with Gasteiger partial charge in [-0.05, 0) is 6.07 Å². The molecule has 0 spiro atoms. The summed E-state index contributed by atoms with van der Waals surface area (Å²) in [5, 5.41) is 12.6. The second-order valence-corrected chi connectivity index (χ2v) is 3.47. The number of hydrogen-bond acceptors (Lipinski definition) is 2. The number of benzene rings is 1. The molecule has 0 saturated carbocycles. The van der Waals surface area contributed by atoms with Crippen molar-refractivity contribution in [3.63, 3.8) is 0 Å². The van der Waals surface area contributed by atoms with Crippen LogP contribution in [0.25, 0.3) is 11.1 Å². The molecule has 1 N–H and O–H groups in total. The van der Waals surface area contributed by atoms with Gasteiger partial charge in [0.2, 0.25) is 0 Å². The highest BCUT2D eigenvalue weighted by Crippen LogP contribution is 2.26. The zero-order valence-electron chi connectivity index (χ0n) is 8.82. The summed E-state index contributed by atoms with van der Waals surface area (Å²) >= 11 is 0. The summed E-state index contributed by atoms with van der Waals surface area (Å²) < 4.78 is 27.8. The number of hydrogen-bond donors (Lipinski definition) is 1. The van der Waals surface area contributed by atoms with Crippen molar-refractivity contribution >= 4 is 5.97 Å². The van der Waals surface area contributed by atoms with E-state index in [1.807, 2.05) is 0 Å². The van der Waals surface area contributed by atoms with Gasteiger partial charge in [0.25, 0.3) is 0 Å². The number of aromatic carboxylic acids is 1. The predicted octanol–water partition coefficient (Wildman–Crippen LogP) is 2.06. The monoisotopic (exact) mass is 238 g/mol. The summed E-state index contributed by atoms with van der Waals surface area (Å²) in [5.41, 5.74) is -0.371. The molecular weight excluding hydrogens is 230 g/mol. The van der Waals surface area contributed by atoms with Crippen LogP contribution in [0, 0.1) is 11.6 Å². The van der Waals surface area contributed by atoms with E-state index in [4.69, 9.17) is 5.11 Å². The molecule has 0 amide bonds. The number of carboxylic acids is 1. The van der Waals surface area contributed by atoms with Gasteiger partial charge in [-0.2, -0.15) is 5.10 Å². The van der Waals surface area contributed by atoms with Crippen LogP contribution in [0.3, 0.4) is 0 Å². The first-order chi connectivity index (χ1) is 8.00. The van der Waals surface area contributed by atoms with Crippen LogP contribution in [0.1, 0.15) is 10.5 Å². The van der Waals surface area contributed by atoms with Gasteiger partial charge in [0, 0.05) is 24.4 Å². The van der Waals surface area contributed by atoms with Crippen LogP contribution in [0.15, 0.2) is 24.4 Å². The number of rotatable bonds is 2. The van der Waals surface area contributed by atoms with Gasteiger partial charge in [0.1, 0.15) is 0 Å². The van der Waals surface area contributed by atoms with Crippen LogP contribution in [0.2, 0.25) is 0 Å². The van der Waals surface area contributed by atoms with E-state index in [1.54, 1.807) is 0 Å². The van der Waals surface area contributed by atoms with E-state index in [0.717, 1.165) is 6.07 Å². The Labute approximate surface area is 95.1 Å². The Balaban J connectivity index is 2.68. The lowest BCUT2D eigenvalue weighted by Crippen LogP contribution is -2.01. The minimum atomic E-state index is -1.29. The average molecular weight is 238 g/mol. The summed E-state index contributed by atoms with van der Waals surface area (Å²) in [6.45, 7) is 0. The fraction of sp³-hybridized carbons (Fsp3) is 0.0909. The second kappa shape index (κ2) is 3.97. The van der Waals surface area contributed by atoms with E-state index in [0.29, 0.717) is 0 Å². The predicted molar refractivity (Wildman–Crippen MR) is 55.5 cm³/mol. The SMILES string of the molecule is Cn1cc(-c2cccc(F)c2F)c(C(=O)O)n1. The Bertz CT molecular complexity index is 593. The Kier molecular flexibility index (Phi) is 2.63. The van der Waals surface area contributed by atoms with Crippen molar-refractivity contribution in [2.24, 2.45) is 7.05 Å². The molecule has 0 aliphatic carbocycles. The molecule has 0 aliphatic heterocycles. The summed E-state index contributed by atoms with van der Waals surface area (Å²) in [7, 11) is 1.51. The molecule has 0 unspecified atom stereocenters. The maximum atomic E-state index is 13.5. The molecule has 4 nitrogen and oxygen atoms in total. The van der Waals surface area contributed by atoms with Crippen LogP contribution in [-0.4, -0.2) is 20.9 Å². The van der Waals surface area contributed by atoms with E-state index in [1.165, 1.54) is 30.1 Å². The third-order valence-electron chi connectivity index (χ3n) is 2.27. The van der Waals surface area contributed by atoms with Gasteiger partial charge in [-0.25, -0.2) is 13.6 Å². The van der Waals surface area contributed by atoms with Gasteiger partial charge in [-0.1, -0.05) is 12.1 Å². The van der Waals surface area contributed by atoms with Crippen LogP contribution in [-0.2, 0) is 7.05 Å². The third kappa shape index (κ3) is 1.89. The Hall–Kier alpha value is -2.24. The van der Waals surface area contributed by atoms with Crippen LogP contribution in [0.5, 0.6) is 0 Å². The fourth-order valence-electron chi connectivity index (χ4n) is 1.56. The van der Waals surface area contributed by atoms with Gasteiger partial charge < -0.3 is 5.11 Å². The van der Waals surface area contributed by atoms with Gasteiger partial charge in [0.05, 0.1) is 0 Å². The Morgan fingerprint density at radius 1 is 1.35 bits per heavy atom. The van der Waals surface area contributed by atoms with E-state index in [2.05, 4.69) is 5.10 Å². The second-order valence-electron chi connectivity index (χ2n) is 3.47. The fourth-order valence-corrected chi connectivity index (χ4v) is 1.56. The molecule has 2 aromatic rings. The molecule has 1 heterocycles. The first kappa shape index (κ1) is 11.3.